The third kappa shape index (κ3) is 3.65. The van der Waals surface area contributed by atoms with Gasteiger partial charge in [0.05, 0.1) is 16.8 Å². The van der Waals surface area contributed by atoms with Crippen molar-refractivity contribution in [2.45, 2.75) is 13.2 Å². The SMILES string of the molecule is CC(=O)N1N=C(c2cc(-c3ccccc3)nc3ccccc23)O[C@H]1c1cc(Br)ccc1F. The van der Waals surface area contributed by atoms with Crippen molar-refractivity contribution in [1.82, 2.24) is 9.99 Å². The minimum absolute atomic E-state index is 0.218. The van der Waals surface area contributed by atoms with Crippen LogP contribution in [0.25, 0.3) is 22.2 Å². The molecule has 0 aliphatic carbocycles. The van der Waals surface area contributed by atoms with Gasteiger partial charge in [0.25, 0.3) is 0 Å². The summed E-state index contributed by atoms with van der Waals surface area (Å²) in [6.45, 7) is 1.37. The predicted molar refractivity (Wildman–Crippen MR) is 124 cm³/mol. The van der Waals surface area contributed by atoms with Crippen LogP contribution in [0.2, 0.25) is 0 Å². The molecule has 1 atom stereocenters. The zero-order chi connectivity index (χ0) is 22.2. The monoisotopic (exact) mass is 489 g/mol. The number of hydrogen-bond acceptors (Lipinski definition) is 4. The lowest BCUT2D eigenvalue weighted by Crippen LogP contribution is -2.26. The van der Waals surface area contributed by atoms with Gasteiger partial charge in [0.1, 0.15) is 5.82 Å². The number of fused-ring (bicyclic) bond motifs is 1. The van der Waals surface area contributed by atoms with Crippen LogP contribution in [0.5, 0.6) is 0 Å². The molecule has 158 valence electrons. The Morgan fingerprint density at radius 3 is 2.56 bits per heavy atom. The Labute approximate surface area is 192 Å². The van der Waals surface area contributed by atoms with Gasteiger partial charge in [-0.1, -0.05) is 64.5 Å². The Morgan fingerprint density at radius 1 is 1.03 bits per heavy atom. The first kappa shape index (κ1) is 20.3. The summed E-state index contributed by atoms with van der Waals surface area (Å²) in [5.74, 6) is -0.600. The van der Waals surface area contributed by atoms with E-state index in [4.69, 9.17) is 9.72 Å². The van der Waals surface area contributed by atoms with Crippen molar-refractivity contribution in [3.63, 3.8) is 0 Å². The van der Waals surface area contributed by atoms with Crippen LogP contribution in [-0.4, -0.2) is 21.8 Å². The van der Waals surface area contributed by atoms with Crippen molar-refractivity contribution in [3.05, 3.63) is 100 Å². The first-order chi connectivity index (χ1) is 15.5. The average molecular weight is 490 g/mol. The summed E-state index contributed by atoms with van der Waals surface area (Å²) >= 11 is 3.36. The molecule has 2 heterocycles. The van der Waals surface area contributed by atoms with Crippen molar-refractivity contribution < 1.29 is 13.9 Å². The second-order valence-electron chi connectivity index (χ2n) is 7.34. The van der Waals surface area contributed by atoms with Crippen LogP contribution in [0.4, 0.5) is 4.39 Å². The molecule has 1 aliphatic heterocycles. The van der Waals surface area contributed by atoms with Gasteiger partial charge in [-0.05, 0) is 30.3 Å². The van der Waals surface area contributed by atoms with Crippen molar-refractivity contribution in [3.8, 4) is 11.3 Å². The van der Waals surface area contributed by atoms with Gasteiger partial charge >= 0.3 is 0 Å². The topological polar surface area (TPSA) is 54.8 Å². The summed E-state index contributed by atoms with van der Waals surface area (Å²) in [4.78, 5) is 17.1. The number of amides is 1. The van der Waals surface area contributed by atoms with Crippen LogP contribution < -0.4 is 0 Å². The Kier molecular flexibility index (Phi) is 5.19. The highest BCUT2D eigenvalue weighted by molar-refractivity contribution is 9.10. The van der Waals surface area contributed by atoms with Crippen molar-refractivity contribution >= 4 is 38.6 Å². The maximum absolute atomic E-state index is 14.6. The number of hydrogen-bond donors (Lipinski definition) is 0. The van der Waals surface area contributed by atoms with Crippen LogP contribution in [0.15, 0.2) is 88.4 Å². The molecular formula is C25H17BrFN3O2. The lowest BCUT2D eigenvalue weighted by Gasteiger charge is -2.20. The van der Waals surface area contributed by atoms with E-state index in [9.17, 15) is 9.18 Å². The Morgan fingerprint density at radius 2 is 1.78 bits per heavy atom. The first-order valence-electron chi connectivity index (χ1n) is 9.97. The summed E-state index contributed by atoms with van der Waals surface area (Å²) < 4.78 is 21.4. The standard InChI is InChI=1S/C25H17BrFN3O2/c1-15(31)30-25(20-13-17(26)11-12-21(20)27)32-24(29-30)19-14-23(16-7-3-2-4-8-16)28-22-10-6-5-9-18(19)22/h2-14,25H,1H3/t25-/m0/s1. The lowest BCUT2D eigenvalue weighted by atomic mass is 10.0. The van der Waals surface area contributed by atoms with Crippen LogP contribution in [0.1, 0.15) is 24.3 Å². The average Bonchev–Trinajstić information content (AvgIpc) is 3.26. The van der Waals surface area contributed by atoms with Crippen LogP contribution in [0, 0.1) is 5.82 Å². The van der Waals surface area contributed by atoms with Gasteiger partial charge in [0.15, 0.2) is 0 Å². The first-order valence-corrected chi connectivity index (χ1v) is 10.8. The molecule has 4 aromatic rings. The number of aromatic nitrogens is 1. The van der Waals surface area contributed by atoms with E-state index in [2.05, 4.69) is 21.0 Å². The zero-order valence-corrected chi connectivity index (χ0v) is 18.6. The number of carbonyl (C=O) groups excluding carboxylic acids is 1. The number of nitrogens with zero attached hydrogens (tertiary/aromatic N) is 3. The fraction of sp³-hybridized carbons (Fsp3) is 0.0800. The summed E-state index contributed by atoms with van der Waals surface area (Å²) in [7, 11) is 0. The molecule has 0 fully saturated rings. The summed E-state index contributed by atoms with van der Waals surface area (Å²) in [5.41, 5.74) is 3.35. The highest BCUT2D eigenvalue weighted by atomic mass is 79.9. The Balaban J connectivity index is 1.66. The van der Waals surface area contributed by atoms with E-state index < -0.39 is 12.0 Å². The van der Waals surface area contributed by atoms with E-state index >= 15 is 0 Å². The third-order valence-corrected chi connectivity index (χ3v) is 5.70. The van der Waals surface area contributed by atoms with Crippen LogP contribution in [-0.2, 0) is 9.53 Å². The highest BCUT2D eigenvalue weighted by Gasteiger charge is 2.35. The van der Waals surface area contributed by atoms with Gasteiger partial charge < -0.3 is 4.74 Å². The van der Waals surface area contributed by atoms with E-state index in [1.165, 1.54) is 13.0 Å². The van der Waals surface area contributed by atoms with Crippen molar-refractivity contribution in [1.29, 1.82) is 0 Å². The van der Waals surface area contributed by atoms with E-state index in [1.54, 1.807) is 12.1 Å². The van der Waals surface area contributed by atoms with Gasteiger partial charge in [0.2, 0.25) is 18.0 Å². The minimum Gasteiger partial charge on any atom is -0.446 e. The molecule has 0 bridgehead atoms. The summed E-state index contributed by atoms with van der Waals surface area (Å²) in [5, 5.41) is 6.43. The number of halogens is 2. The third-order valence-electron chi connectivity index (χ3n) is 5.21. The number of pyridine rings is 1. The Bertz CT molecular complexity index is 1370. The molecule has 1 aliphatic rings. The van der Waals surface area contributed by atoms with E-state index in [-0.39, 0.29) is 17.4 Å². The van der Waals surface area contributed by atoms with Crippen molar-refractivity contribution in [2.24, 2.45) is 5.10 Å². The predicted octanol–water partition coefficient (Wildman–Crippen LogP) is 6.04. The van der Waals surface area contributed by atoms with E-state index in [1.807, 2.05) is 60.7 Å². The highest BCUT2D eigenvalue weighted by Crippen LogP contribution is 2.35. The van der Waals surface area contributed by atoms with Gasteiger partial charge in [-0.3, -0.25) is 4.79 Å². The number of ether oxygens (including phenoxy) is 1. The fourth-order valence-electron chi connectivity index (χ4n) is 3.69. The molecule has 7 heteroatoms. The van der Waals surface area contributed by atoms with Gasteiger partial charge in [-0.25, -0.2) is 9.37 Å². The molecule has 0 saturated carbocycles. The molecule has 0 radical (unpaired) electrons. The molecule has 0 unspecified atom stereocenters. The molecule has 0 N–H and O–H groups in total. The normalized spacial score (nSPS) is 15.5. The number of hydrazone groups is 1. The maximum Gasteiger partial charge on any atom is 0.243 e. The lowest BCUT2D eigenvalue weighted by molar-refractivity contribution is -0.135. The van der Waals surface area contributed by atoms with Gasteiger partial charge in [-0.2, -0.15) is 5.01 Å². The molecule has 32 heavy (non-hydrogen) atoms. The largest absolute Gasteiger partial charge is 0.446 e. The molecule has 1 amide bonds. The molecule has 0 saturated heterocycles. The fourth-order valence-corrected chi connectivity index (χ4v) is 4.07. The van der Waals surface area contributed by atoms with Crippen LogP contribution in [0.3, 0.4) is 0 Å². The minimum atomic E-state index is -1.01. The second kappa shape index (κ2) is 8.16. The van der Waals surface area contributed by atoms with Gasteiger partial charge in [0, 0.05) is 27.9 Å². The Hall–Kier alpha value is -3.58. The van der Waals surface area contributed by atoms with Crippen molar-refractivity contribution in [2.75, 3.05) is 0 Å². The molecule has 3 aromatic carbocycles. The molecular weight excluding hydrogens is 473 g/mol. The molecule has 0 spiro atoms. The zero-order valence-electron chi connectivity index (χ0n) is 17.0. The second-order valence-corrected chi connectivity index (χ2v) is 8.26. The molecule has 5 nitrogen and oxygen atoms in total. The van der Waals surface area contributed by atoms with Crippen LogP contribution >= 0.6 is 15.9 Å². The van der Waals surface area contributed by atoms with E-state index in [0.29, 0.717) is 10.0 Å². The maximum atomic E-state index is 14.6. The smallest absolute Gasteiger partial charge is 0.243 e. The summed E-state index contributed by atoms with van der Waals surface area (Å²) in [6.07, 6.45) is -1.01. The number of rotatable bonds is 3. The quantitative estimate of drug-likeness (QED) is 0.352. The summed E-state index contributed by atoms with van der Waals surface area (Å²) in [6, 6.07) is 23.8. The number of para-hydroxylation sites is 1. The number of carbonyl (C=O) groups is 1. The number of benzene rings is 3. The molecule has 5 rings (SSSR count). The van der Waals surface area contributed by atoms with E-state index in [0.717, 1.165) is 27.2 Å². The molecule has 1 aromatic heterocycles. The van der Waals surface area contributed by atoms with Gasteiger partial charge in [-0.15, -0.1) is 5.10 Å².